The van der Waals surface area contributed by atoms with Crippen LogP contribution in [-0.4, -0.2) is 57.1 Å². The van der Waals surface area contributed by atoms with E-state index in [1.807, 2.05) is 45.0 Å². The Hall–Kier alpha value is -3.07. The highest BCUT2D eigenvalue weighted by Gasteiger charge is 2.27. The second kappa shape index (κ2) is 12.6. The Morgan fingerprint density at radius 2 is 1.66 bits per heavy atom. The zero-order valence-electron chi connectivity index (χ0n) is 21.4. The van der Waals surface area contributed by atoms with Gasteiger partial charge in [-0.15, -0.1) is 0 Å². The van der Waals surface area contributed by atoms with Gasteiger partial charge in [-0.05, 0) is 51.8 Å². The van der Waals surface area contributed by atoms with Crippen molar-refractivity contribution in [3.63, 3.8) is 0 Å². The number of para-hydroxylation sites is 2. The fourth-order valence-corrected chi connectivity index (χ4v) is 4.67. The van der Waals surface area contributed by atoms with Crippen molar-refractivity contribution in [2.24, 2.45) is 0 Å². The number of carbonyl (C=O) groups is 2. The molecule has 35 heavy (non-hydrogen) atoms. The van der Waals surface area contributed by atoms with Gasteiger partial charge in [0.05, 0.1) is 19.1 Å². The Balaban J connectivity index is 2.19. The lowest BCUT2D eigenvalue weighted by atomic mass is 10.1. The molecule has 192 valence electrons. The van der Waals surface area contributed by atoms with E-state index in [1.165, 1.54) is 11.4 Å². The maximum atomic E-state index is 13.3. The third-order valence-electron chi connectivity index (χ3n) is 5.58. The van der Waals surface area contributed by atoms with Crippen LogP contribution >= 0.6 is 0 Å². The van der Waals surface area contributed by atoms with E-state index in [-0.39, 0.29) is 43.8 Å². The summed E-state index contributed by atoms with van der Waals surface area (Å²) in [5, 5.41) is 2.87. The lowest BCUT2D eigenvalue weighted by Crippen LogP contribution is -2.49. The minimum atomic E-state index is -3.60. The average Bonchev–Trinajstić information content (AvgIpc) is 2.79. The molecular formula is C26H37N3O5S. The summed E-state index contributed by atoms with van der Waals surface area (Å²) >= 11 is 0. The van der Waals surface area contributed by atoms with Crippen molar-refractivity contribution in [1.29, 1.82) is 0 Å². The maximum Gasteiger partial charge on any atom is 0.242 e. The normalized spacial score (nSPS) is 12.2. The van der Waals surface area contributed by atoms with Gasteiger partial charge in [0.15, 0.2) is 0 Å². The van der Waals surface area contributed by atoms with Gasteiger partial charge in [-0.25, -0.2) is 8.42 Å². The molecule has 0 heterocycles. The molecule has 0 aliphatic rings. The van der Waals surface area contributed by atoms with Crippen LogP contribution < -0.4 is 14.4 Å². The van der Waals surface area contributed by atoms with E-state index < -0.39 is 16.1 Å². The van der Waals surface area contributed by atoms with Crippen LogP contribution in [0.3, 0.4) is 0 Å². The lowest BCUT2D eigenvalue weighted by Gasteiger charge is -2.30. The summed E-state index contributed by atoms with van der Waals surface area (Å²) < 4.78 is 31.6. The van der Waals surface area contributed by atoms with Crippen molar-refractivity contribution >= 4 is 27.5 Å². The molecule has 0 fully saturated rings. The van der Waals surface area contributed by atoms with Crippen LogP contribution in [0.25, 0.3) is 0 Å². The van der Waals surface area contributed by atoms with Gasteiger partial charge in [0.2, 0.25) is 21.8 Å². The summed E-state index contributed by atoms with van der Waals surface area (Å²) in [4.78, 5) is 27.5. The third kappa shape index (κ3) is 8.28. The molecule has 2 rings (SSSR count). The highest BCUT2D eigenvalue weighted by atomic mass is 32.2. The first-order valence-corrected chi connectivity index (χ1v) is 13.5. The van der Waals surface area contributed by atoms with E-state index in [0.29, 0.717) is 11.4 Å². The molecule has 0 aliphatic carbocycles. The van der Waals surface area contributed by atoms with Crippen LogP contribution in [0.1, 0.15) is 44.7 Å². The quantitative estimate of drug-likeness (QED) is 0.478. The van der Waals surface area contributed by atoms with Gasteiger partial charge in [0.1, 0.15) is 11.8 Å². The van der Waals surface area contributed by atoms with E-state index in [1.54, 1.807) is 36.1 Å². The molecule has 0 radical (unpaired) electrons. The van der Waals surface area contributed by atoms with Crippen LogP contribution in [0.2, 0.25) is 0 Å². The van der Waals surface area contributed by atoms with Crippen LogP contribution in [0.5, 0.6) is 5.75 Å². The number of nitrogens with zero attached hydrogens (tertiary/aromatic N) is 2. The monoisotopic (exact) mass is 503 g/mol. The highest BCUT2D eigenvalue weighted by Crippen LogP contribution is 2.29. The van der Waals surface area contributed by atoms with Gasteiger partial charge in [0, 0.05) is 25.6 Å². The molecule has 2 aromatic rings. The van der Waals surface area contributed by atoms with Gasteiger partial charge in [0.25, 0.3) is 0 Å². The first-order chi connectivity index (χ1) is 16.4. The van der Waals surface area contributed by atoms with Crippen LogP contribution in [0.15, 0.2) is 48.5 Å². The Bertz CT molecular complexity index is 1100. The van der Waals surface area contributed by atoms with Crippen molar-refractivity contribution < 1.29 is 22.7 Å². The fourth-order valence-electron chi connectivity index (χ4n) is 3.70. The van der Waals surface area contributed by atoms with Crippen LogP contribution in [0.4, 0.5) is 5.69 Å². The fraction of sp³-hybridized carbons (Fsp3) is 0.462. The van der Waals surface area contributed by atoms with E-state index in [9.17, 15) is 18.0 Å². The minimum Gasteiger partial charge on any atom is -0.495 e. The number of methoxy groups -OCH3 is 1. The van der Waals surface area contributed by atoms with E-state index in [2.05, 4.69) is 5.32 Å². The van der Waals surface area contributed by atoms with E-state index >= 15 is 0 Å². The number of benzene rings is 2. The average molecular weight is 504 g/mol. The molecule has 0 aliphatic heterocycles. The summed E-state index contributed by atoms with van der Waals surface area (Å²) in [5.74, 6) is -0.0121. The van der Waals surface area contributed by atoms with E-state index in [4.69, 9.17) is 4.74 Å². The molecule has 1 atom stereocenters. The predicted octanol–water partition coefficient (Wildman–Crippen LogP) is 3.49. The standard InChI is InChI=1S/C26H37N3O5S/c1-19(2)27-26(31)21(4)28(18-22-15-13-20(3)14-16-22)25(30)12-9-17-29(35(6,32)33)23-10-7-8-11-24(23)34-5/h7-8,10-11,13-16,19,21H,9,12,17-18H2,1-6H3,(H,27,31). The number of hydrogen-bond donors (Lipinski definition) is 1. The third-order valence-corrected chi connectivity index (χ3v) is 6.76. The molecule has 0 aromatic heterocycles. The SMILES string of the molecule is COc1ccccc1N(CCCC(=O)N(Cc1ccc(C)cc1)C(C)C(=O)NC(C)C)S(C)(=O)=O. The summed E-state index contributed by atoms with van der Waals surface area (Å²) in [6, 6.07) is 13.9. The topological polar surface area (TPSA) is 96.0 Å². The Kier molecular flexibility index (Phi) is 10.1. The van der Waals surface area contributed by atoms with Crippen LogP contribution in [-0.2, 0) is 26.2 Å². The first-order valence-electron chi connectivity index (χ1n) is 11.7. The van der Waals surface area contributed by atoms with E-state index in [0.717, 1.165) is 17.4 Å². The molecule has 0 saturated heterocycles. The van der Waals surface area contributed by atoms with Crippen molar-refractivity contribution in [3.05, 3.63) is 59.7 Å². The smallest absolute Gasteiger partial charge is 0.242 e. The molecule has 1 unspecified atom stereocenters. The van der Waals surface area contributed by atoms with Crippen LogP contribution in [0, 0.1) is 6.92 Å². The highest BCUT2D eigenvalue weighted by molar-refractivity contribution is 7.92. The number of nitrogens with one attached hydrogen (secondary N) is 1. The molecular weight excluding hydrogens is 466 g/mol. The Morgan fingerprint density at radius 1 is 1.03 bits per heavy atom. The molecule has 2 amide bonds. The molecule has 9 heteroatoms. The number of carbonyl (C=O) groups excluding carboxylic acids is 2. The molecule has 8 nitrogen and oxygen atoms in total. The largest absolute Gasteiger partial charge is 0.495 e. The summed E-state index contributed by atoms with van der Waals surface area (Å²) in [7, 11) is -2.12. The molecule has 0 saturated carbocycles. The Labute approximate surface area is 209 Å². The number of rotatable bonds is 12. The molecule has 0 spiro atoms. The number of ether oxygens (including phenoxy) is 1. The predicted molar refractivity (Wildman–Crippen MR) is 139 cm³/mol. The summed E-state index contributed by atoms with van der Waals surface area (Å²) in [6.07, 6.45) is 1.50. The van der Waals surface area contributed by atoms with Crippen molar-refractivity contribution in [3.8, 4) is 5.75 Å². The van der Waals surface area contributed by atoms with Gasteiger partial charge in [-0.3, -0.25) is 13.9 Å². The summed E-state index contributed by atoms with van der Waals surface area (Å²) in [6.45, 7) is 7.83. The van der Waals surface area contributed by atoms with Gasteiger partial charge in [-0.2, -0.15) is 0 Å². The zero-order valence-corrected chi connectivity index (χ0v) is 22.3. The second-order valence-corrected chi connectivity index (χ2v) is 10.9. The zero-order chi connectivity index (χ0) is 26.2. The molecule has 0 bridgehead atoms. The minimum absolute atomic E-state index is 0.0505. The lowest BCUT2D eigenvalue weighted by molar-refractivity contribution is -0.140. The number of sulfonamides is 1. The molecule has 2 aromatic carbocycles. The van der Waals surface area contributed by atoms with Crippen molar-refractivity contribution in [2.45, 2.75) is 59.2 Å². The number of amides is 2. The second-order valence-electron chi connectivity index (χ2n) is 8.96. The number of hydrogen-bond acceptors (Lipinski definition) is 5. The van der Waals surface area contributed by atoms with Gasteiger partial charge < -0.3 is 15.0 Å². The van der Waals surface area contributed by atoms with Crippen molar-refractivity contribution in [1.82, 2.24) is 10.2 Å². The van der Waals surface area contributed by atoms with Gasteiger partial charge in [-0.1, -0.05) is 42.0 Å². The summed E-state index contributed by atoms with van der Waals surface area (Å²) in [5.41, 5.74) is 2.44. The Morgan fingerprint density at radius 3 is 2.23 bits per heavy atom. The van der Waals surface area contributed by atoms with Gasteiger partial charge >= 0.3 is 0 Å². The van der Waals surface area contributed by atoms with Crippen molar-refractivity contribution in [2.75, 3.05) is 24.2 Å². The first kappa shape index (κ1) is 28.2. The number of anilines is 1. The number of aryl methyl sites for hydroxylation is 1. The molecule has 1 N–H and O–H groups in total. The maximum absolute atomic E-state index is 13.3.